The van der Waals surface area contributed by atoms with Gasteiger partial charge in [-0.15, -0.1) is 0 Å². The summed E-state index contributed by atoms with van der Waals surface area (Å²) in [5, 5.41) is 0. The van der Waals surface area contributed by atoms with Gasteiger partial charge in [0.25, 0.3) is 0 Å². The van der Waals surface area contributed by atoms with Crippen molar-refractivity contribution in [3.8, 4) is 0 Å². The average molecular weight is 234 g/mol. The van der Waals surface area contributed by atoms with Gasteiger partial charge >= 0.3 is 0 Å². The topological polar surface area (TPSA) is 46.3 Å². The van der Waals surface area contributed by atoms with Gasteiger partial charge in [-0.05, 0) is 19.0 Å². The fourth-order valence-electron chi connectivity index (χ4n) is 1.96. The molecule has 1 aromatic rings. The summed E-state index contributed by atoms with van der Waals surface area (Å²) in [7, 11) is 1.96. The van der Waals surface area contributed by atoms with Crippen LogP contribution in [0.3, 0.4) is 0 Å². The predicted octanol–water partition coefficient (Wildman–Crippen LogP) is 2.16. The maximum Gasteiger partial charge on any atom is 0.234 e. The van der Waals surface area contributed by atoms with Crippen LogP contribution in [0.4, 0.5) is 0 Å². The zero-order chi connectivity index (χ0) is 12.7. The van der Waals surface area contributed by atoms with Crippen LogP contribution < -0.4 is 5.73 Å². The molecule has 0 fully saturated rings. The Labute approximate surface area is 104 Å². The highest BCUT2D eigenvalue weighted by Gasteiger charge is 2.19. The van der Waals surface area contributed by atoms with Gasteiger partial charge < -0.3 is 5.73 Å². The lowest BCUT2D eigenvalue weighted by Crippen LogP contribution is -2.42. The van der Waals surface area contributed by atoms with Crippen molar-refractivity contribution < 1.29 is 4.79 Å². The standard InChI is InChI=1S/C14H22N2O/c1-3-4-10-13(14(15)17)16(2)11-12-8-6-5-7-9-12/h5-9,13H,3-4,10-11H2,1-2H3,(H2,15,17). The van der Waals surface area contributed by atoms with E-state index in [2.05, 4.69) is 19.1 Å². The molecule has 2 N–H and O–H groups in total. The normalized spacial score (nSPS) is 12.6. The molecule has 1 atom stereocenters. The number of likely N-dealkylation sites (N-methyl/N-ethyl adjacent to an activating group) is 1. The lowest BCUT2D eigenvalue weighted by Gasteiger charge is -2.25. The summed E-state index contributed by atoms with van der Waals surface area (Å²) in [5.41, 5.74) is 6.66. The van der Waals surface area contributed by atoms with Crippen molar-refractivity contribution in [2.45, 2.75) is 38.8 Å². The number of hydrogen-bond acceptors (Lipinski definition) is 2. The van der Waals surface area contributed by atoms with Gasteiger partial charge in [-0.1, -0.05) is 50.1 Å². The van der Waals surface area contributed by atoms with Crippen molar-refractivity contribution in [1.29, 1.82) is 0 Å². The Kier molecular flexibility index (Phi) is 5.70. The van der Waals surface area contributed by atoms with E-state index in [-0.39, 0.29) is 11.9 Å². The fourth-order valence-corrected chi connectivity index (χ4v) is 1.96. The number of rotatable bonds is 7. The summed E-state index contributed by atoms with van der Waals surface area (Å²) in [6.45, 7) is 2.88. The van der Waals surface area contributed by atoms with Crippen molar-refractivity contribution >= 4 is 5.91 Å². The van der Waals surface area contributed by atoms with Gasteiger partial charge in [0, 0.05) is 6.54 Å². The van der Waals surface area contributed by atoms with Gasteiger partial charge in [0.2, 0.25) is 5.91 Å². The van der Waals surface area contributed by atoms with Crippen LogP contribution in [0.2, 0.25) is 0 Å². The van der Waals surface area contributed by atoms with Crippen LogP contribution in [0.25, 0.3) is 0 Å². The van der Waals surface area contributed by atoms with Gasteiger partial charge in [0.05, 0.1) is 6.04 Å². The first-order valence-corrected chi connectivity index (χ1v) is 6.18. The van der Waals surface area contributed by atoms with Gasteiger partial charge in [0.1, 0.15) is 0 Å². The second kappa shape index (κ2) is 7.07. The minimum Gasteiger partial charge on any atom is -0.368 e. The molecule has 0 aliphatic carbocycles. The number of nitrogens with zero attached hydrogens (tertiary/aromatic N) is 1. The van der Waals surface area contributed by atoms with Crippen LogP contribution in [0.5, 0.6) is 0 Å². The molecule has 1 unspecified atom stereocenters. The smallest absolute Gasteiger partial charge is 0.234 e. The van der Waals surface area contributed by atoms with Gasteiger partial charge in [-0.3, -0.25) is 9.69 Å². The minimum atomic E-state index is -0.225. The summed E-state index contributed by atoms with van der Waals surface area (Å²) in [4.78, 5) is 13.5. The van der Waals surface area contributed by atoms with Gasteiger partial charge in [-0.2, -0.15) is 0 Å². The van der Waals surface area contributed by atoms with Crippen molar-refractivity contribution in [2.24, 2.45) is 5.73 Å². The number of carbonyl (C=O) groups is 1. The van der Waals surface area contributed by atoms with Crippen LogP contribution in [0, 0.1) is 0 Å². The number of primary amides is 1. The lowest BCUT2D eigenvalue weighted by atomic mass is 10.1. The molecule has 1 aromatic carbocycles. The van der Waals surface area contributed by atoms with Crippen LogP contribution in [-0.2, 0) is 11.3 Å². The summed E-state index contributed by atoms with van der Waals surface area (Å²) in [5.74, 6) is -0.225. The van der Waals surface area contributed by atoms with E-state index in [1.165, 1.54) is 5.56 Å². The number of carbonyl (C=O) groups excluding carboxylic acids is 1. The third kappa shape index (κ3) is 4.57. The minimum absolute atomic E-state index is 0.157. The van der Waals surface area contributed by atoms with Crippen LogP contribution in [-0.4, -0.2) is 23.9 Å². The van der Waals surface area contributed by atoms with Crippen molar-refractivity contribution in [1.82, 2.24) is 4.90 Å². The third-order valence-electron chi connectivity index (χ3n) is 2.97. The quantitative estimate of drug-likeness (QED) is 0.786. The Hall–Kier alpha value is -1.35. The van der Waals surface area contributed by atoms with E-state index in [9.17, 15) is 4.79 Å². The van der Waals surface area contributed by atoms with Crippen LogP contribution in [0.1, 0.15) is 31.7 Å². The fraction of sp³-hybridized carbons (Fsp3) is 0.500. The Morgan fingerprint density at radius 1 is 1.35 bits per heavy atom. The highest BCUT2D eigenvalue weighted by atomic mass is 16.1. The number of amides is 1. The van der Waals surface area contributed by atoms with E-state index < -0.39 is 0 Å². The summed E-state index contributed by atoms with van der Waals surface area (Å²) >= 11 is 0. The molecule has 17 heavy (non-hydrogen) atoms. The lowest BCUT2D eigenvalue weighted by molar-refractivity contribution is -0.123. The van der Waals surface area contributed by atoms with Crippen LogP contribution in [0.15, 0.2) is 30.3 Å². The summed E-state index contributed by atoms with van der Waals surface area (Å²) in [6, 6.07) is 9.98. The van der Waals surface area contributed by atoms with E-state index in [0.29, 0.717) is 0 Å². The van der Waals surface area contributed by atoms with Crippen molar-refractivity contribution in [3.05, 3.63) is 35.9 Å². The first kappa shape index (κ1) is 13.7. The summed E-state index contributed by atoms with van der Waals surface area (Å²) < 4.78 is 0. The molecule has 0 radical (unpaired) electrons. The SMILES string of the molecule is CCCCC(C(N)=O)N(C)Cc1ccccc1. The zero-order valence-corrected chi connectivity index (χ0v) is 10.7. The van der Waals surface area contributed by atoms with Gasteiger partial charge in [-0.25, -0.2) is 0 Å². The van der Waals surface area contributed by atoms with E-state index in [1.807, 2.05) is 30.1 Å². The molecule has 1 amide bonds. The molecule has 0 aliphatic rings. The molecular weight excluding hydrogens is 212 g/mol. The second-order valence-corrected chi connectivity index (χ2v) is 4.46. The maximum atomic E-state index is 11.4. The molecule has 0 bridgehead atoms. The molecule has 0 aromatic heterocycles. The largest absolute Gasteiger partial charge is 0.368 e. The monoisotopic (exact) mass is 234 g/mol. The molecule has 1 rings (SSSR count). The number of nitrogens with two attached hydrogens (primary N) is 1. The summed E-state index contributed by atoms with van der Waals surface area (Å²) in [6.07, 6.45) is 2.96. The average Bonchev–Trinajstić information content (AvgIpc) is 2.30. The van der Waals surface area contributed by atoms with E-state index in [0.717, 1.165) is 25.8 Å². The number of unbranched alkanes of at least 4 members (excludes halogenated alkanes) is 1. The Balaban J connectivity index is 2.59. The molecule has 0 spiro atoms. The first-order chi connectivity index (χ1) is 8.15. The molecule has 0 saturated carbocycles. The van der Waals surface area contributed by atoms with Crippen LogP contribution >= 0.6 is 0 Å². The Morgan fingerprint density at radius 2 is 2.00 bits per heavy atom. The predicted molar refractivity (Wildman–Crippen MR) is 70.4 cm³/mol. The van der Waals surface area contributed by atoms with E-state index >= 15 is 0 Å². The number of hydrogen-bond donors (Lipinski definition) is 1. The van der Waals surface area contributed by atoms with E-state index in [4.69, 9.17) is 5.73 Å². The van der Waals surface area contributed by atoms with Crippen molar-refractivity contribution in [2.75, 3.05) is 7.05 Å². The zero-order valence-electron chi connectivity index (χ0n) is 10.7. The highest BCUT2D eigenvalue weighted by Crippen LogP contribution is 2.11. The molecular formula is C14H22N2O. The van der Waals surface area contributed by atoms with Crippen molar-refractivity contribution in [3.63, 3.8) is 0 Å². The second-order valence-electron chi connectivity index (χ2n) is 4.46. The Morgan fingerprint density at radius 3 is 2.53 bits per heavy atom. The molecule has 0 aliphatic heterocycles. The first-order valence-electron chi connectivity index (χ1n) is 6.18. The third-order valence-corrected chi connectivity index (χ3v) is 2.97. The highest BCUT2D eigenvalue weighted by molar-refractivity contribution is 5.79. The molecule has 0 saturated heterocycles. The molecule has 0 heterocycles. The number of benzene rings is 1. The molecule has 94 valence electrons. The van der Waals surface area contributed by atoms with Gasteiger partial charge in [0.15, 0.2) is 0 Å². The molecule has 3 nitrogen and oxygen atoms in total. The van der Waals surface area contributed by atoms with E-state index in [1.54, 1.807) is 0 Å². The maximum absolute atomic E-state index is 11.4. The Bertz CT molecular complexity index is 337. The molecule has 3 heteroatoms.